The number of carboxylic acid groups (broad SMARTS) is 1. The van der Waals surface area contributed by atoms with Crippen LogP contribution in [0.15, 0.2) is 24.4 Å². The number of rotatable bonds is 3. The lowest BCUT2D eigenvalue weighted by Crippen LogP contribution is -2.38. The summed E-state index contributed by atoms with van der Waals surface area (Å²) in [6, 6.07) is 4.73. The summed E-state index contributed by atoms with van der Waals surface area (Å²) < 4.78 is 4.82. The van der Waals surface area contributed by atoms with Crippen LogP contribution in [0.5, 0.6) is 0 Å². The number of likely N-dealkylation sites (tertiary alicyclic amines) is 1. The Bertz CT molecular complexity index is 937. The standard InChI is InChI=1S/C19H21N3O5/c1-27-16(23)14-7-12(8-15-13(14)4-6-20-15)21-18(26)22-9-11-3-2-5-19(11,10-22)17(24)25/h4,6-8,11,20H,2-3,5,9-10H2,1H3,(H,21,26)(H,24,25)/t11-,19+/m0/s1. The molecular weight excluding hydrogens is 350 g/mol. The number of nitrogens with one attached hydrogen (secondary N) is 2. The maximum atomic E-state index is 12.7. The zero-order valence-electron chi connectivity index (χ0n) is 14.9. The fourth-order valence-electron chi connectivity index (χ4n) is 4.51. The molecule has 1 aliphatic heterocycles. The van der Waals surface area contributed by atoms with Crippen molar-refractivity contribution in [2.75, 3.05) is 25.5 Å². The minimum Gasteiger partial charge on any atom is -0.481 e. The van der Waals surface area contributed by atoms with E-state index in [0.29, 0.717) is 35.1 Å². The Morgan fingerprint density at radius 2 is 2.19 bits per heavy atom. The third-order valence-electron chi connectivity index (χ3n) is 5.91. The molecule has 0 radical (unpaired) electrons. The van der Waals surface area contributed by atoms with Gasteiger partial charge in [0.25, 0.3) is 0 Å². The highest BCUT2D eigenvalue weighted by molar-refractivity contribution is 6.06. The molecule has 0 bridgehead atoms. The lowest BCUT2D eigenvalue weighted by molar-refractivity contribution is -0.149. The number of aromatic amines is 1. The number of amides is 2. The molecule has 1 saturated heterocycles. The number of hydrogen-bond acceptors (Lipinski definition) is 4. The highest BCUT2D eigenvalue weighted by Crippen LogP contribution is 2.49. The Kier molecular flexibility index (Phi) is 4.05. The van der Waals surface area contributed by atoms with E-state index in [1.165, 1.54) is 7.11 Å². The Hall–Kier alpha value is -3.03. The Morgan fingerprint density at radius 3 is 2.89 bits per heavy atom. The first kappa shape index (κ1) is 17.4. The average Bonchev–Trinajstić information content (AvgIpc) is 3.33. The normalized spacial score (nSPS) is 24.0. The summed E-state index contributed by atoms with van der Waals surface area (Å²) in [5, 5.41) is 13.2. The number of carboxylic acids is 1. The van der Waals surface area contributed by atoms with Gasteiger partial charge in [0.1, 0.15) is 0 Å². The van der Waals surface area contributed by atoms with Crippen molar-refractivity contribution in [2.45, 2.75) is 19.3 Å². The molecule has 142 valence electrons. The maximum Gasteiger partial charge on any atom is 0.338 e. The number of urea groups is 1. The van der Waals surface area contributed by atoms with E-state index in [9.17, 15) is 19.5 Å². The van der Waals surface area contributed by atoms with Crippen LogP contribution in [0.3, 0.4) is 0 Å². The molecule has 8 nitrogen and oxygen atoms in total. The lowest BCUT2D eigenvalue weighted by atomic mass is 9.81. The highest BCUT2D eigenvalue weighted by Gasteiger charge is 2.55. The predicted octanol–water partition coefficient (Wildman–Crippen LogP) is 2.67. The smallest absolute Gasteiger partial charge is 0.338 e. The molecule has 1 aromatic carbocycles. The van der Waals surface area contributed by atoms with Gasteiger partial charge in [-0.3, -0.25) is 4.79 Å². The van der Waals surface area contributed by atoms with Crippen molar-refractivity contribution in [1.29, 1.82) is 0 Å². The molecule has 27 heavy (non-hydrogen) atoms. The van der Waals surface area contributed by atoms with Crippen LogP contribution in [0.2, 0.25) is 0 Å². The van der Waals surface area contributed by atoms with E-state index < -0.39 is 17.4 Å². The van der Waals surface area contributed by atoms with Gasteiger partial charge in [0, 0.05) is 35.9 Å². The SMILES string of the molecule is COC(=O)c1cc(NC(=O)N2C[C@@H]3CCC[C@@]3(C(=O)O)C2)cc2[nH]ccc12. The summed E-state index contributed by atoms with van der Waals surface area (Å²) in [6.45, 7) is 0.653. The fourth-order valence-corrected chi connectivity index (χ4v) is 4.51. The number of carbonyl (C=O) groups is 3. The van der Waals surface area contributed by atoms with E-state index in [0.717, 1.165) is 12.8 Å². The van der Waals surface area contributed by atoms with Crippen molar-refractivity contribution < 1.29 is 24.2 Å². The summed E-state index contributed by atoms with van der Waals surface area (Å²) >= 11 is 0. The lowest BCUT2D eigenvalue weighted by Gasteiger charge is -2.23. The third-order valence-corrected chi connectivity index (χ3v) is 5.91. The van der Waals surface area contributed by atoms with Gasteiger partial charge >= 0.3 is 18.0 Å². The van der Waals surface area contributed by atoms with Crippen LogP contribution in [-0.2, 0) is 9.53 Å². The molecule has 2 aromatic rings. The zero-order valence-corrected chi connectivity index (χ0v) is 14.9. The number of carbonyl (C=O) groups excluding carboxylic acids is 2. The van der Waals surface area contributed by atoms with Crippen molar-refractivity contribution >= 4 is 34.6 Å². The molecule has 4 rings (SSSR count). The largest absolute Gasteiger partial charge is 0.481 e. The maximum absolute atomic E-state index is 12.7. The molecule has 2 heterocycles. The van der Waals surface area contributed by atoms with Crippen LogP contribution < -0.4 is 5.32 Å². The van der Waals surface area contributed by atoms with Crippen molar-refractivity contribution in [3.8, 4) is 0 Å². The average molecular weight is 371 g/mol. The number of ether oxygens (including phenoxy) is 1. The Balaban J connectivity index is 1.57. The molecule has 8 heteroatoms. The summed E-state index contributed by atoms with van der Waals surface area (Å²) in [5.74, 6) is -1.31. The molecule has 2 amide bonds. The molecule has 1 aromatic heterocycles. The van der Waals surface area contributed by atoms with Gasteiger partial charge in [0.2, 0.25) is 0 Å². The fraction of sp³-hybridized carbons (Fsp3) is 0.421. The van der Waals surface area contributed by atoms with Crippen molar-refractivity contribution in [3.63, 3.8) is 0 Å². The van der Waals surface area contributed by atoms with E-state index in [1.807, 2.05) is 0 Å². The Labute approximate surface area is 155 Å². The first-order valence-electron chi connectivity index (χ1n) is 8.93. The minimum atomic E-state index is -0.822. The number of benzene rings is 1. The number of hydrogen-bond donors (Lipinski definition) is 3. The number of anilines is 1. The first-order chi connectivity index (χ1) is 12.9. The van der Waals surface area contributed by atoms with Crippen LogP contribution in [-0.4, -0.2) is 53.2 Å². The number of esters is 1. The number of aliphatic carboxylic acids is 1. The molecule has 3 N–H and O–H groups in total. The van der Waals surface area contributed by atoms with Crippen LogP contribution in [0.25, 0.3) is 10.9 Å². The van der Waals surface area contributed by atoms with Crippen molar-refractivity contribution in [3.05, 3.63) is 30.0 Å². The van der Waals surface area contributed by atoms with E-state index in [2.05, 4.69) is 10.3 Å². The number of methoxy groups -OCH3 is 1. The van der Waals surface area contributed by atoms with E-state index in [4.69, 9.17) is 4.74 Å². The van der Waals surface area contributed by atoms with Gasteiger partial charge in [-0.2, -0.15) is 0 Å². The summed E-state index contributed by atoms with van der Waals surface area (Å²) in [6.07, 6.45) is 4.04. The van der Waals surface area contributed by atoms with Crippen LogP contribution in [0.1, 0.15) is 29.6 Å². The van der Waals surface area contributed by atoms with E-state index in [-0.39, 0.29) is 18.5 Å². The van der Waals surface area contributed by atoms with Gasteiger partial charge in [-0.1, -0.05) is 6.42 Å². The van der Waals surface area contributed by atoms with Gasteiger partial charge in [-0.05, 0) is 37.0 Å². The van der Waals surface area contributed by atoms with Gasteiger partial charge in [-0.15, -0.1) is 0 Å². The van der Waals surface area contributed by atoms with Gasteiger partial charge in [-0.25, -0.2) is 9.59 Å². The second kappa shape index (κ2) is 6.29. The second-order valence-corrected chi connectivity index (χ2v) is 7.32. The number of aromatic nitrogens is 1. The van der Waals surface area contributed by atoms with Crippen molar-refractivity contribution in [1.82, 2.24) is 9.88 Å². The molecule has 0 unspecified atom stereocenters. The number of H-pyrrole nitrogens is 1. The minimum absolute atomic E-state index is 0.00253. The topological polar surface area (TPSA) is 112 Å². The van der Waals surface area contributed by atoms with Gasteiger partial charge in [0.05, 0.1) is 18.1 Å². The predicted molar refractivity (Wildman–Crippen MR) is 97.6 cm³/mol. The molecular formula is C19H21N3O5. The Morgan fingerprint density at radius 1 is 1.37 bits per heavy atom. The molecule has 2 atom stereocenters. The monoisotopic (exact) mass is 371 g/mol. The summed E-state index contributed by atoms with van der Waals surface area (Å²) in [7, 11) is 1.31. The van der Waals surface area contributed by atoms with E-state index >= 15 is 0 Å². The zero-order chi connectivity index (χ0) is 19.2. The van der Waals surface area contributed by atoms with Gasteiger partial charge in [0.15, 0.2) is 0 Å². The second-order valence-electron chi connectivity index (χ2n) is 7.32. The van der Waals surface area contributed by atoms with Gasteiger partial charge < -0.3 is 25.0 Å². The number of nitrogens with zero attached hydrogens (tertiary/aromatic N) is 1. The summed E-state index contributed by atoms with van der Waals surface area (Å²) in [4.78, 5) is 41.2. The number of fused-ring (bicyclic) bond motifs is 2. The highest BCUT2D eigenvalue weighted by atomic mass is 16.5. The molecule has 1 saturated carbocycles. The molecule has 0 spiro atoms. The van der Waals surface area contributed by atoms with Crippen LogP contribution in [0, 0.1) is 11.3 Å². The molecule has 2 aliphatic rings. The molecule has 1 aliphatic carbocycles. The van der Waals surface area contributed by atoms with E-state index in [1.54, 1.807) is 29.3 Å². The van der Waals surface area contributed by atoms with Crippen LogP contribution >= 0.6 is 0 Å². The molecule has 2 fully saturated rings. The van der Waals surface area contributed by atoms with Crippen LogP contribution in [0.4, 0.5) is 10.5 Å². The first-order valence-corrected chi connectivity index (χ1v) is 8.93. The third kappa shape index (κ3) is 2.72. The van der Waals surface area contributed by atoms with Crippen molar-refractivity contribution in [2.24, 2.45) is 11.3 Å². The quantitative estimate of drug-likeness (QED) is 0.718. The summed E-state index contributed by atoms with van der Waals surface area (Å²) in [5.41, 5.74) is 0.690.